The predicted octanol–water partition coefficient (Wildman–Crippen LogP) is 1.18. The summed E-state index contributed by atoms with van der Waals surface area (Å²) in [5.74, 6) is -0.0520. The molecule has 0 aliphatic carbocycles. The lowest BCUT2D eigenvalue weighted by Crippen LogP contribution is -2.48. The highest BCUT2D eigenvalue weighted by Gasteiger charge is 2.42. The van der Waals surface area contributed by atoms with Gasteiger partial charge >= 0.3 is 0 Å². The quantitative estimate of drug-likeness (QED) is 0.862. The van der Waals surface area contributed by atoms with Gasteiger partial charge in [-0.2, -0.15) is 0 Å². The molecular weight excluding hydrogens is 346 g/mol. The van der Waals surface area contributed by atoms with Gasteiger partial charge in [0, 0.05) is 26.3 Å². The van der Waals surface area contributed by atoms with Crippen LogP contribution in [-0.4, -0.2) is 61.5 Å². The summed E-state index contributed by atoms with van der Waals surface area (Å²) in [5.41, 5.74) is 1.02. The van der Waals surface area contributed by atoms with Crippen molar-refractivity contribution in [3.05, 3.63) is 29.8 Å². The predicted molar refractivity (Wildman–Crippen MR) is 99.4 cm³/mol. The van der Waals surface area contributed by atoms with Gasteiger partial charge in [0.2, 0.25) is 11.8 Å². The third-order valence-corrected chi connectivity index (χ3v) is 5.72. The molecule has 0 aromatic heterocycles. The molecule has 2 fully saturated rings. The number of hydrogen-bond acceptors (Lipinski definition) is 4. The Balaban J connectivity index is 1.51. The van der Waals surface area contributed by atoms with Crippen LogP contribution in [0.15, 0.2) is 24.3 Å². The van der Waals surface area contributed by atoms with Gasteiger partial charge < -0.3 is 19.9 Å². The van der Waals surface area contributed by atoms with Crippen LogP contribution in [0.3, 0.4) is 0 Å². The fourth-order valence-electron chi connectivity index (χ4n) is 4.18. The maximum atomic E-state index is 13.1. The van der Waals surface area contributed by atoms with Crippen LogP contribution in [0, 0.1) is 5.92 Å². The molecule has 3 amide bonds. The smallest absolute Gasteiger partial charge is 0.256 e. The number of carbonyl (C=O) groups excluding carboxylic acids is 3. The standard InChI is InChI=1S/C20H25N3O4/c24-18(21-12-14-7-10-27-11-8-14)13-23-16-5-2-1-4-15(16)19(25)22-9-3-6-17(22)20(23)26/h1-2,4-5,14,17H,3,6-13H2,(H,21,24). The molecule has 4 rings (SSSR count). The molecule has 1 aromatic rings. The number of carbonyl (C=O) groups is 3. The summed E-state index contributed by atoms with van der Waals surface area (Å²) in [6, 6.07) is 6.61. The van der Waals surface area contributed by atoms with E-state index in [1.165, 1.54) is 4.90 Å². The van der Waals surface area contributed by atoms with Crippen LogP contribution in [0.25, 0.3) is 0 Å². The first kappa shape index (κ1) is 18.0. The molecule has 0 bridgehead atoms. The lowest BCUT2D eigenvalue weighted by molar-refractivity contribution is -0.125. The Morgan fingerprint density at radius 1 is 1.15 bits per heavy atom. The van der Waals surface area contributed by atoms with Gasteiger partial charge in [0.25, 0.3) is 5.91 Å². The van der Waals surface area contributed by atoms with E-state index in [0.717, 1.165) is 32.5 Å². The monoisotopic (exact) mass is 371 g/mol. The first-order valence-corrected chi connectivity index (χ1v) is 9.71. The van der Waals surface area contributed by atoms with Crippen molar-refractivity contribution in [3.63, 3.8) is 0 Å². The van der Waals surface area contributed by atoms with Crippen molar-refractivity contribution in [2.24, 2.45) is 5.92 Å². The number of hydrogen-bond donors (Lipinski definition) is 1. The molecule has 1 N–H and O–H groups in total. The minimum Gasteiger partial charge on any atom is -0.381 e. The number of benzene rings is 1. The van der Waals surface area contributed by atoms with Gasteiger partial charge in [-0.25, -0.2) is 0 Å². The molecule has 1 atom stereocenters. The third-order valence-electron chi connectivity index (χ3n) is 5.72. The summed E-state index contributed by atoms with van der Waals surface area (Å²) in [4.78, 5) is 41.7. The van der Waals surface area contributed by atoms with Gasteiger partial charge in [0.15, 0.2) is 0 Å². The first-order chi connectivity index (χ1) is 13.1. The van der Waals surface area contributed by atoms with Crippen LogP contribution in [-0.2, 0) is 14.3 Å². The average molecular weight is 371 g/mol. The number of rotatable bonds is 4. The van der Waals surface area contributed by atoms with E-state index in [0.29, 0.717) is 36.7 Å². The van der Waals surface area contributed by atoms with E-state index < -0.39 is 6.04 Å². The van der Waals surface area contributed by atoms with Crippen molar-refractivity contribution in [2.45, 2.75) is 31.7 Å². The molecular formula is C20H25N3O4. The molecule has 3 heterocycles. The molecule has 0 spiro atoms. The topological polar surface area (TPSA) is 79.0 Å². The Morgan fingerprint density at radius 3 is 2.74 bits per heavy atom. The zero-order chi connectivity index (χ0) is 18.8. The fraction of sp³-hybridized carbons (Fsp3) is 0.550. The number of anilines is 1. The number of nitrogens with zero attached hydrogens (tertiary/aromatic N) is 2. The van der Waals surface area contributed by atoms with Gasteiger partial charge in [-0.1, -0.05) is 12.1 Å². The molecule has 3 aliphatic rings. The second-order valence-corrected chi connectivity index (χ2v) is 7.46. The average Bonchev–Trinajstić information content (AvgIpc) is 3.17. The van der Waals surface area contributed by atoms with Crippen molar-refractivity contribution in [2.75, 3.05) is 37.7 Å². The van der Waals surface area contributed by atoms with Crippen LogP contribution >= 0.6 is 0 Å². The number of ether oxygens (including phenoxy) is 1. The highest BCUT2D eigenvalue weighted by molar-refractivity contribution is 6.12. The van der Waals surface area contributed by atoms with E-state index >= 15 is 0 Å². The van der Waals surface area contributed by atoms with Gasteiger partial charge in [-0.05, 0) is 43.7 Å². The summed E-state index contributed by atoms with van der Waals surface area (Å²) in [7, 11) is 0. The largest absolute Gasteiger partial charge is 0.381 e. The molecule has 144 valence electrons. The SMILES string of the molecule is O=C(CN1C(=O)C2CCCN2C(=O)c2ccccc21)NCC1CCOCC1. The maximum absolute atomic E-state index is 13.1. The highest BCUT2D eigenvalue weighted by atomic mass is 16.5. The van der Waals surface area contributed by atoms with E-state index in [2.05, 4.69) is 5.32 Å². The van der Waals surface area contributed by atoms with Gasteiger partial charge in [0.05, 0.1) is 11.3 Å². The van der Waals surface area contributed by atoms with Crippen LogP contribution in [0.4, 0.5) is 5.69 Å². The molecule has 0 radical (unpaired) electrons. The van der Waals surface area contributed by atoms with E-state index in [-0.39, 0.29) is 24.3 Å². The number of nitrogens with one attached hydrogen (secondary N) is 1. The highest BCUT2D eigenvalue weighted by Crippen LogP contribution is 2.32. The van der Waals surface area contributed by atoms with Crippen LogP contribution in [0.2, 0.25) is 0 Å². The molecule has 27 heavy (non-hydrogen) atoms. The zero-order valence-electron chi connectivity index (χ0n) is 15.4. The van der Waals surface area contributed by atoms with Gasteiger partial charge in [-0.15, -0.1) is 0 Å². The van der Waals surface area contributed by atoms with E-state index in [1.807, 2.05) is 0 Å². The number of para-hydroxylation sites is 1. The first-order valence-electron chi connectivity index (χ1n) is 9.71. The third kappa shape index (κ3) is 3.56. The lowest BCUT2D eigenvalue weighted by Gasteiger charge is -2.26. The Bertz CT molecular complexity index is 744. The van der Waals surface area contributed by atoms with Crippen molar-refractivity contribution in [1.29, 1.82) is 0 Å². The Kier molecular flexibility index (Phi) is 5.11. The van der Waals surface area contributed by atoms with Crippen LogP contribution in [0.5, 0.6) is 0 Å². The number of fused-ring (bicyclic) bond motifs is 2. The molecule has 3 aliphatic heterocycles. The maximum Gasteiger partial charge on any atom is 0.256 e. The summed E-state index contributed by atoms with van der Waals surface area (Å²) in [5, 5.41) is 2.96. The second kappa shape index (κ2) is 7.68. The van der Waals surface area contributed by atoms with E-state index in [9.17, 15) is 14.4 Å². The van der Waals surface area contributed by atoms with Crippen molar-refractivity contribution >= 4 is 23.4 Å². The minimum atomic E-state index is -0.465. The minimum absolute atomic E-state index is 0.0588. The van der Waals surface area contributed by atoms with E-state index in [4.69, 9.17) is 4.74 Å². The fourth-order valence-corrected chi connectivity index (χ4v) is 4.18. The molecule has 2 saturated heterocycles. The van der Waals surface area contributed by atoms with E-state index in [1.54, 1.807) is 29.2 Å². The summed E-state index contributed by atoms with van der Waals surface area (Å²) in [6.45, 7) is 2.60. The lowest BCUT2D eigenvalue weighted by atomic mass is 10.0. The van der Waals surface area contributed by atoms with Gasteiger partial charge in [0.1, 0.15) is 12.6 Å². The zero-order valence-corrected chi connectivity index (χ0v) is 15.4. The van der Waals surface area contributed by atoms with Crippen molar-refractivity contribution < 1.29 is 19.1 Å². The number of amides is 3. The normalized spacial score (nSPS) is 23.0. The molecule has 1 unspecified atom stereocenters. The Labute approximate surface area is 158 Å². The summed E-state index contributed by atoms with van der Waals surface area (Å²) < 4.78 is 5.34. The second-order valence-electron chi connectivity index (χ2n) is 7.46. The molecule has 0 saturated carbocycles. The molecule has 7 heteroatoms. The molecule has 7 nitrogen and oxygen atoms in total. The van der Waals surface area contributed by atoms with Crippen LogP contribution < -0.4 is 10.2 Å². The Hall–Kier alpha value is -2.41. The molecule has 1 aromatic carbocycles. The van der Waals surface area contributed by atoms with Gasteiger partial charge in [-0.3, -0.25) is 14.4 Å². The summed E-state index contributed by atoms with van der Waals surface area (Å²) >= 11 is 0. The van der Waals surface area contributed by atoms with Crippen LogP contribution in [0.1, 0.15) is 36.0 Å². The summed E-state index contributed by atoms with van der Waals surface area (Å²) in [6.07, 6.45) is 3.35. The Morgan fingerprint density at radius 2 is 1.93 bits per heavy atom. The van der Waals surface area contributed by atoms with Crippen molar-refractivity contribution in [3.8, 4) is 0 Å². The van der Waals surface area contributed by atoms with Crippen molar-refractivity contribution in [1.82, 2.24) is 10.2 Å².